The van der Waals surface area contributed by atoms with Crippen molar-refractivity contribution in [3.05, 3.63) is 46.9 Å². The van der Waals surface area contributed by atoms with Crippen LogP contribution in [0, 0.1) is 0 Å². The molecule has 0 aromatic heterocycles. The highest BCUT2D eigenvalue weighted by Gasteiger charge is 2.27. The first kappa shape index (κ1) is 12.4. The zero-order valence-corrected chi connectivity index (χ0v) is 10.9. The highest BCUT2D eigenvalue weighted by Crippen LogP contribution is 2.27. The minimum Gasteiger partial charge on any atom is -0.223 e. The first-order valence-corrected chi connectivity index (χ1v) is 7.57. The molecule has 0 amide bonds. The summed E-state index contributed by atoms with van der Waals surface area (Å²) in [6.07, 6.45) is 14.4. The van der Waals surface area contributed by atoms with E-state index < -0.39 is 9.84 Å². The molecule has 0 fully saturated rings. The Labute approximate surface area is 103 Å². The minimum atomic E-state index is -3.15. The van der Waals surface area contributed by atoms with Gasteiger partial charge in [0, 0.05) is 4.91 Å². The first-order chi connectivity index (χ1) is 8.10. The van der Waals surface area contributed by atoms with Crippen LogP contribution < -0.4 is 0 Å². The van der Waals surface area contributed by atoms with Gasteiger partial charge in [-0.15, -0.1) is 0 Å². The van der Waals surface area contributed by atoms with E-state index in [4.69, 9.17) is 0 Å². The summed E-state index contributed by atoms with van der Waals surface area (Å²) in [4.78, 5) is 0.591. The van der Waals surface area contributed by atoms with Gasteiger partial charge in [-0.05, 0) is 38.7 Å². The van der Waals surface area contributed by atoms with Crippen molar-refractivity contribution in [2.45, 2.75) is 37.9 Å². The Morgan fingerprint density at radius 1 is 1.12 bits per heavy atom. The quantitative estimate of drug-likeness (QED) is 0.705. The van der Waals surface area contributed by atoms with Gasteiger partial charge in [-0.25, -0.2) is 8.42 Å². The van der Waals surface area contributed by atoms with E-state index in [9.17, 15) is 8.42 Å². The van der Waals surface area contributed by atoms with Crippen LogP contribution in [-0.2, 0) is 9.84 Å². The lowest BCUT2D eigenvalue weighted by molar-refractivity contribution is 0.592. The number of hydrogen-bond acceptors (Lipinski definition) is 2. The molecule has 0 N–H and O–H groups in total. The van der Waals surface area contributed by atoms with Crippen LogP contribution >= 0.6 is 0 Å². The fourth-order valence-electron chi connectivity index (χ4n) is 2.10. The van der Waals surface area contributed by atoms with Crippen molar-refractivity contribution in [3.8, 4) is 0 Å². The van der Waals surface area contributed by atoms with Crippen molar-refractivity contribution in [2.24, 2.45) is 0 Å². The minimum absolute atomic E-state index is 0.376. The van der Waals surface area contributed by atoms with E-state index in [2.05, 4.69) is 0 Å². The largest absolute Gasteiger partial charge is 0.223 e. The second kappa shape index (κ2) is 5.05. The predicted octanol–water partition coefficient (Wildman–Crippen LogP) is 3.30. The summed E-state index contributed by atoms with van der Waals surface area (Å²) in [5.74, 6) is 0. The van der Waals surface area contributed by atoms with Gasteiger partial charge in [0.05, 0.1) is 5.25 Å². The molecule has 2 rings (SSSR count). The molecule has 0 saturated carbocycles. The maximum absolute atomic E-state index is 12.4. The summed E-state index contributed by atoms with van der Waals surface area (Å²) in [5, 5.41) is -0.376. The fourth-order valence-corrected chi connectivity index (χ4v) is 3.81. The second-order valence-electron chi connectivity index (χ2n) is 4.60. The molecule has 0 bridgehead atoms. The summed E-state index contributed by atoms with van der Waals surface area (Å²) in [7, 11) is -3.15. The second-order valence-corrected chi connectivity index (χ2v) is 6.82. The van der Waals surface area contributed by atoms with Crippen molar-refractivity contribution in [1.82, 2.24) is 0 Å². The van der Waals surface area contributed by atoms with Crippen LogP contribution in [0.3, 0.4) is 0 Å². The molecule has 3 heteroatoms. The van der Waals surface area contributed by atoms with E-state index in [0.717, 1.165) is 12.8 Å². The molecule has 0 heterocycles. The van der Waals surface area contributed by atoms with Gasteiger partial charge in [0.1, 0.15) is 0 Å². The molecule has 92 valence electrons. The molecule has 0 spiro atoms. The Kier molecular flexibility index (Phi) is 3.67. The lowest BCUT2D eigenvalue weighted by atomic mass is 10.1. The molecule has 0 aromatic carbocycles. The van der Waals surface area contributed by atoms with E-state index in [1.165, 1.54) is 5.57 Å². The zero-order chi connectivity index (χ0) is 12.3. The Balaban J connectivity index is 2.27. The molecule has 0 radical (unpaired) electrons. The smallest absolute Gasteiger partial charge is 0.181 e. The molecule has 17 heavy (non-hydrogen) atoms. The van der Waals surface area contributed by atoms with Crippen molar-refractivity contribution in [1.29, 1.82) is 0 Å². The molecule has 2 aliphatic rings. The fraction of sp³-hybridized carbons (Fsp3) is 0.429. The van der Waals surface area contributed by atoms with E-state index >= 15 is 0 Å². The number of hydrogen-bond donors (Lipinski definition) is 0. The number of allylic oxidation sites excluding steroid dienone is 7. The van der Waals surface area contributed by atoms with E-state index in [-0.39, 0.29) is 5.25 Å². The normalized spacial score (nSPS) is 25.1. The van der Waals surface area contributed by atoms with Crippen LogP contribution in [0.1, 0.15) is 32.6 Å². The summed E-state index contributed by atoms with van der Waals surface area (Å²) in [6, 6.07) is 0. The first-order valence-electron chi connectivity index (χ1n) is 6.02. The molecule has 1 atom stereocenters. The van der Waals surface area contributed by atoms with Crippen molar-refractivity contribution in [2.75, 3.05) is 0 Å². The standard InChI is InChI=1S/C14H18O2S/c1-12-8-10-14(11-9-12)17(15,16)13-6-4-2-3-5-7-13/h2,4-5,7-8,10,13H,3,6,9,11H2,1H3. The third kappa shape index (κ3) is 2.78. The third-order valence-electron chi connectivity index (χ3n) is 3.24. The van der Waals surface area contributed by atoms with Crippen molar-refractivity contribution >= 4 is 9.84 Å². The van der Waals surface area contributed by atoms with Crippen LogP contribution in [0.15, 0.2) is 46.9 Å². The Bertz CT molecular complexity index is 504. The summed E-state index contributed by atoms with van der Waals surface area (Å²) in [6.45, 7) is 2.04. The van der Waals surface area contributed by atoms with Gasteiger partial charge in [0.2, 0.25) is 0 Å². The van der Waals surface area contributed by atoms with Crippen molar-refractivity contribution in [3.63, 3.8) is 0 Å². The van der Waals surface area contributed by atoms with Gasteiger partial charge in [-0.1, -0.05) is 36.0 Å². The molecular formula is C14H18O2S. The predicted molar refractivity (Wildman–Crippen MR) is 71.3 cm³/mol. The molecule has 0 aromatic rings. The number of sulfone groups is 1. The Hall–Kier alpha value is -1.09. The van der Waals surface area contributed by atoms with Crippen LogP contribution in [-0.4, -0.2) is 13.7 Å². The lowest BCUT2D eigenvalue weighted by Gasteiger charge is -2.17. The highest BCUT2D eigenvalue weighted by atomic mass is 32.2. The topological polar surface area (TPSA) is 34.1 Å². The average molecular weight is 250 g/mol. The number of rotatable bonds is 2. The maximum Gasteiger partial charge on any atom is 0.181 e. The van der Waals surface area contributed by atoms with E-state index in [0.29, 0.717) is 17.7 Å². The molecule has 0 aliphatic heterocycles. The van der Waals surface area contributed by atoms with Gasteiger partial charge in [-0.3, -0.25) is 0 Å². The van der Waals surface area contributed by atoms with E-state index in [1.807, 2.05) is 37.3 Å². The molecule has 1 unspecified atom stereocenters. The summed E-state index contributed by atoms with van der Waals surface area (Å²) in [5.41, 5.74) is 1.25. The van der Waals surface area contributed by atoms with Crippen LogP contribution in [0.2, 0.25) is 0 Å². The maximum atomic E-state index is 12.4. The third-order valence-corrected chi connectivity index (χ3v) is 5.46. The van der Waals surface area contributed by atoms with Gasteiger partial charge in [-0.2, -0.15) is 0 Å². The lowest BCUT2D eigenvalue weighted by Crippen LogP contribution is -2.20. The van der Waals surface area contributed by atoms with Crippen LogP contribution in [0.25, 0.3) is 0 Å². The molecular weight excluding hydrogens is 232 g/mol. The molecule has 0 saturated heterocycles. The Morgan fingerprint density at radius 2 is 1.94 bits per heavy atom. The van der Waals surface area contributed by atoms with Gasteiger partial charge < -0.3 is 0 Å². The van der Waals surface area contributed by atoms with E-state index in [1.54, 1.807) is 6.08 Å². The SMILES string of the molecule is CC1=CC=C(S(=O)(=O)C2C=CCC=CC2)CC1. The summed E-state index contributed by atoms with van der Waals surface area (Å²) < 4.78 is 24.8. The van der Waals surface area contributed by atoms with Gasteiger partial charge >= 0.3 is 0 Å². The van der Waals surface area contributed by atoms with Gasteiger partial charge in [0.15, 0.2) is 9.84 Å². The van der Waals surface area contributed by atoms with Gasteiger partial charge in [0.25, 0.3) is 0 Å². The summed E-state index contributed by atoms with van der Waals surface area (Å²) >= 11 is 0. The van der Waals surface area contributed by atoms with Crippen LogP contribution in [0.4, 0.5) is 0 Å². The molecule has 2 nitrogen and oxygen atoms in total. The monoisotopic (exact) mass is 250 g/mol. The Morgan fingerprint density at radius 3 is 2.65 bits per heavy atom. The highest BCUT2D eigenvalue weighted by molar-refractivity contribution is 7.96. The molecule has 2 aliphatic carbocycles. The van der Waals surface area contributed by atoms with Crippen LogP contribution in [0.5, 0.6) is 0 Å². The zero-order valence-electron chi connectivity index (χ0n) is 10.1. The average Bonchev–Trinajstić information content (AvgIpc) is 2.58. The van der Waals surface area contributed by atoms with Crippen molar-refractivity contribution < 1.29 is 8.42 Å².